The maximum Gasteiger partial charge on any atom is 0.465 e. The van der Waals surface area contributed by atoms with Crippen LogP contribution in [0.15, 0.2) is 0 Å². The van der Waals surface area contributed by atoms with Crippen LogP contribution in [0.4, 0.5) is 8.78 Å². The maximum absolute atomic E-state index is 14.4. The zero-order chi connectivity index (χ0) is 37.8. The van der Waals surface area contributed by atoms with Gasteiger partial charge in [0.05, 0.1) is 35.4 Å². The van der Waals surface area contributed by atoms with Crippen molar-refractivity contribution in [3.63, 3.8) is 0 Å². The minimum Gasteiger partial charge on any atom is -0.464 e. The number of rotatable bonds is 9. The molecule has 12 bridgehead atoms. The van der Waals surface area contributed by atoms with Gasteiger partial charge in [-0.3, -0.25) is 23.7 Å². The highest BCUT2D eigenvalue weighted by Crippen LogP contribution is 2.69. The molecule has 296 valence electrons. The first-order valence-electron chi connectivity index (χ1n) is 19.7. The zero-order valence-electron chi connectivity index (χ0n) is 29.9. The third kappa shape index (κ3) is 4.93. The fraction of sp³-hybridized carbons (Fsp3) is 0.868. The van der Waals surface area contributed by atoms with Crippen molar-refractivity contribution in [2.75, 3.05) is 26.4 Å². The van der Waals surface area contributed by atoms with Crippen LogP contribution in [0.1, 0.15) is 89.9 Å². The van der Waals surface area contributed by atoms with Crippen molar-refractivity contribution in [1.29, 1.82) is 0 Å². The molecular weight excluding hydrogens is 734 g/mol. The molecule has 13 rings (SSSR count). The third-order valence-corrected chi connectivity index (χ3v) is 16.9. The summed E-state index contributed by atoms with van der Waals surface area (Å²) in [6.45, 7) is -0.615. The van der Waals surface area contributed by atoms with Crippen molar-refractivity contribution in [2.24, 2.45) is 69.5 Å². The van der Waals surface area contributed by atoms with E-state index in [0.717, 1.165) is 25.7 Å². The second kappa shape index (κ2) is 11.3. The van der Waals surface area contributed by atoms with Crippen molar-refractivity contribution >= 4 is 39.6 Å². The van der Waals surface area contributed by atoms with Gasteiger partial charge in [0.1, 0.15) is 30.4 Å². The lowest BCUT2D eigenvalue weighted by atomic mass is 9.49. The van der Waals surface area contributed by atoms with E-state index in [2.05, 4.69) is 0 Å². The van der Waals surface area contributed by atoms with Gasteiger partial charge in [0.15, 0.2) is 5.79 Å². The van der Waals surface area contributed by atoms with E-state index in [1.54, 1.807) is 0 Å². The number of ketones is 2. The van der Waals surface area contributed by atoms with Gasteiger partial charge in [-0.1, -0.05) is 0 Å². The van der Waals surface area contributed by atoms with E-state index in [-0.39, 0.29) is 98.3 Å². The van der Waals surface area contributed by atoms with E-state index in [1.165, 1.54) is 0 Å². The highest BCUT2D eigenvalue weighted by Gasteiger charge is 2.76. The highest BCUT2D eigenvalue weighted by atomic mass is 32.2. The first-order chi connectivity index (χ1) is 25.4. The van der Waals surface area contributed by atoms with Crippen LogP contribution in [-0.4, -0.2) is 85.5 Å². The minimum atomic E-state index is -6.07. The van der Waals surface area contributed by atoms with Crippen LogP contribution in [0.3, 0.4) is 0 Å². The fourth-order valence-corrected chi connectivity index (χ4v) is 14.4. The Morgan fingerprint density at radius 1 is 0.704 bits per heavy atom. The van der Waals surface area contributed by atoms with Crippen molar-refractivity contribution in [1.82, 2.24) is 0 Å². The molecule has 1 N–H and O–H groups in total. The summed E-state index contributed by atoms with van der Waals surface area (Å²) in [5.41, 5.74) is -4.16. The molecule has 0 aromatic heterocycles. The predicted molar refractivity (Wildman–Crippen MR) is 175 cm³/mol. The van der Waals surface area contributed by atoms with Crippen LogP contribution in [0.25, 0.3) is 0 Å². The number of halogens is 2. The molecule has 13 nitrogen and oxygen atoms in total. The summed E-state index contributed by atoms with van der Waals surface area (Å²) in [7, 11) is -6.07. The van der Waals surface area contributed by atoms with Crippen LogP contribution < -0.4 is 0 Å². The van der Waals surface area contributed by atoms with Crippen molar-refractivity contribution < 1.29 is 69.4 Å². The predicted octanol–water partition coefficient (Wildman–Crippen LogP) is 3.81. The van der Waals surface area contributed by atoms with Gasteiger partial charge in [0.25, 0.3) is 0 Å². The summed E-state index contributed by atoms with van der Waals surface area (Å²) in [6, 6.07) is 0. The van der Waals surface area contributed by atoms with E-state index in [0.29, 0.717) is 63.2 Å². The Balaban J connectivity index is 0.888. The number of hydrogen-bond acceptors (Lipinski definition) is 12. The molecule has 1 spiro atoms. The van der Waals surface area contributed by atoms with Gasteiger partial charge >= 0.3 is 33.3 Å². The molecule has 13 aliphatic rings. The van der Waals surface area contributed by atoms with Gasteiger partial charge in [-0.15, -0.1) is 0 Å². The monoisotopic (exact) mass is 780 g/mol. The van der Waals surface area contributed by atoms with Crippen LogP contribution in [-0.2, 0) is 57.8 Å². The Hall–Kier alpha value is -2.56. The Kier molecular flexibility index (Phi) is 7.50. The van der Waals surface area contributed by atoms with Gasteiger partial charge in [-0.05, 0) is 108 Å². The quantitative estimate of drug-likeness (QED) is 0.203. The molecule has 8 unspecified atom stereocenters. The van der Waals surface area contributed by atoms with Crippen LogP contribution in [0.5, 0.6) is 0 Å². The van der Waals surface area contributed by atoms with E-state index in [9.17, 15) is 41.2 Å². The summed E-state index contributed by atoms with van der Waals surface area (Å²) in [4.78, 5) is 66.3. The molecule has 0 aromatic rings. The maximum atomic E-state index is 14.4. The van der Waals surface area contributed by atoms with Crippen molar-refractivity contribution in [2.45, 2.75) is 107 Å². The number of esters is 3. The third-order valence-electron chi connectivity index (χ3n) is 16.0. The van der Waals surface area contributed by atoms with Gasteiger partial charge in [0.2, 0.25) is 0 Å². The molecule has 1 aliphatic heterocycles. The lowest BCUT2D eigenvalue weighted by molar-refractivity contribution is -0.353. The lowest BCUT2D eigenvalue weighted by Crippen LogP contribution is -2.60. The van der Waals surface area contributed by atoms with Crippen molar-refractivity contribution in [3.8, 4) is 0 Å². The fourth-order valence-electron chi connectivity index (χ4n) is 14.2. The standard InChI is InChI=1S/C38H46F2O13S/c39-38(40,54(46,47)48)32(45)53-36-9-21-5-26(14-36)37(27(36)6-21)51-17-33(18-52-37,15-49-30(43)34-7-19-1-22(10-34)28(41)23(2-19)11-34)16-50-31(44)35-8-20-3-24(12-35)29(42)25(4-20)13-35/h19-27H,1-18H2,(H,46,47,48). The molecule has 1 saturated heterocycles. The smallest absolute Gasteiger partial charge is 0.464 e. The molecule has 13 fully saturated rings. The lowest BCUT2D eigenvalue weighted by Gasteiger charge is -2.55. The van der Waals surface area contributed by atoms with Gasteiger partial charge < -0.3 is 23.7 Å². The van der Waals surface area contributed by atoms with Crippen LogP contribution >= 0.6 is 0 Å². The Bertz CT molecular complexity index is 1730. The molecular formula is C38H46F2O13S. The molecule has 8 atom stereocenters. The highest BCUT2D eigenvalue weighted by molar-refractivity contribution is 7.87. The molecule has 0 amide bonds. The number of alkyl halides is 2. The Morgan fingerprint density at radius 2 is 1.17 bits per heavy atom. The molecule has 12 saturated carbocycles. The molecule has 0 aromatic carbocycles. The van der Waals surface area contributed by atoms with Crippen LogP contribution in [0, 0.1) is 69.5 Å². The average Bonchev–Trinajstić information content (AvgIpc) is 3.46. The molecule has 12 aliphatic carbocycles. The average molecular weight is 781 g/mol. The second-order valence-electron chi connectivity index (χ2n) is 19.4. The van der Waals surface area contributed by atoms with Crippen molar-refractivity contribution in [3.05, 3.63) is 0 Å². The number of hydrogen-bond donors (Lipinski definition) is 1. The van der Waals surface area contributed by atoms with E-state index >= 15 is 0 Å². The SMILES string of the molecule is O=C1C2CC3CC1CC(C(=O)OCC1(COC(=O)C45CC6CC(C4)C(=O)C(C6)C5)COC4(OC1)C1CC5CC4C(OC(=O)C(F)(F)S(=O)(=O)O)(C5)C1)(C3)C2. The van der Waals surface area contributed by atoms with Crippen LogP contribution in [0.2, 0.25) is 0 Å². The Labute approximate surface area is 311 Å². The second-order valence-corrected chi connectivity index (χ2v) is 20.9. The number of Topliss-reactive ketones (excluding diaryl/α,β-unsaturated/α-hetero) is 2. The minimum absolute atomic E-state index is 0.00773. The number of carbonyl (C=O) groups excluding carboxylic acids is 5. The Morgan fingerprint density at radius 3 is 1.63 bits per heavy atom. The normalized spacial score (nSPS) is 49.2. The summed E-state index contributed by atoms with van der Waals surface area (Å²) in [6.07, 6.45) is 7.68. The summed E-state index contributed by atoms with van der Waals surface area (Å²) >= 11 is 0. The topological polar surface area (TPSA) is 186 Å². The molecule has 16 heteroatoms. The van der Waals surface area contributed by atoms with Gasteiger partial charge in [-0.25, -0.2) is 4.79 Å². The van der Waals surface area contributed by atoms with Gasteiger partial charge in [0, 0.05) is 29.6 Å². The summed E-state index contributed by atoms with van der Waals surface area (Å²) < 4.78 is 91.4. The first kappa shape index (κ1) is 35.8. The number of ether oxygens (including phenoxy) is 5. The number of carbonyl (C=O) groups is 5. The van der Waals surface area contributed by atoms with E-state index in [1.807, 2.05) is 0 Å². The first-order valence-corrected chi connectivity index (χ1v) is 21.1. The molecule has 1 heterocycles. The van der Waals surface area contributed by atoms with E-state index in [4.69, 9.17) is 28.2 Å². The molecule has 54 heavy (non-hydrogen) atoms. The zero-order valence-corrected chi connectivity index (χ0v) is 30.8. The summed E-state index contributed by atoms with van der Waals surface area (Å²) in [5.74, 6) is -5.09. The summed E-state index contributed by atoms with van der Waals surface area (Å²) in [5, 5.41) is -5.15. The largest absolute Gasteiger partial charge is 0.465 e. The van der Waals surface area contributed by atoms with E-state index < -0.39 is 54.9 Å². The molecule has 0 radical (unpaired) electrons. The van der Waals surface area contributed by atoms with Gasteiger partial charge in [-0.2, -0.15) is 17.2 Å².